The number of aliphatic hydroxyl groups excluding tert-OH is 1. The van der Waals surface area contributed by atoms with Crippen LogP contribution in [-0.4, -0.2) is 73.1 Å². The first-order chi connectivity index (χ1) is 27.0. The van der Waals surface area contributed by atoms with Crippen LogP contribution in [0.4, 0.5) is 16.2 Å². The lowest BCUT2D eigenvalue weighted by Gasteiger charge is -2.37. The van der Waals surface area contributed by atoms with Crippen molar-refractivity contribution in [3.63, 3.8) is 0 Å². The highest BCUT2D eigenvalue weighted by atomic mass is 79.9. The third kappa shape index (κ3) is 6.63. The Kier molecular flexibility index (Phi) is 10.4. The fourth-order valence-corrected chi connectivity index (χ4v) is 13.6. The van der Waals surface area contributed by atoms with Gasteiger partial charge in [-0.05, 0) is 65.6 Å². The molecule has 56 heavy (non-hydrogen) atoms. The topological polar surface area (TPSA) is 119 Å². The maximum Gasteiger partial charge on any atom is 0.414 e. The highest BCUT2D eigenvalue weighted by Crippen LogP contribution is 2.60. The van der Waals surface area contributed by atoms with Gasteiger partial charge in [-0.3, -0.25) is 14.4 Å². The number of nitrogens with zero attached hydrogens (tertiary/aromatic N) is 5. The van der Waals surface area contributed by atoms with Crippen LogP contribution in [0.25, 0.3) is 0 Å². The molecular formula is C43H46BrN5O6Si. The number of aliphatic hydroxyl groups is 1. The van der Waals surface area contributed by atoms with E-state index in [1.54, 1.807) is 12.0 Å². The Morgan fingerprint density at radius 1 is 1.02 bits per heavy atom. The highest BCUT2D eigenvalue weighted by molar-refractivity contribution is 9.10. The maximum absolute atomic E-state index is 15.3. The van der Waals surface area contributed by atoms with Gasteiger partial charge in [-0.25, -0.2) is 4.79 Å². The van der Waals surface area contributed by atoms with Crippen LogP contribution in [0, 0.1) is 5.92 Å². The zero-order valence-electron chi connectivity index (χ0n) is 32.0. The lowest BCUT2D eigenvalue weighted by molar-refractivity contribution is -0.146. The number of benzene rings is 4. The molecule has 4 aromatic carbocycles. The minimum atomic E-state index is -2.37. The molecule has 3 aliphatic heterocycles. The number of methoxy groups -OCH3 is 1. The van der Waals surface area contributed by atoms with Gasteiger partial charge in [0.2, 0.25) is 0 Å². The highest BCUT2D eigenvalue weighted by Gasteiger charge is 2.66. The molecule has 5 atom stereocenters. The number of carbonyl (C=O) groups is 2. The number of aryl methyl sites for hydroxylation is 1. The maximum atomic E-state index is 15.3. The summed E-state index contributed by atoms with van der Waals surface area (Å²) in [6.45, 7) is 8.62. The number of hydrogen-bond donors (Lipinski definition) is 1. The summed E-state index contributed by atoms with van der Waals surface area (Å²) in [4.78, 5) is 30.9. The molecule has 0 saturated carbocycles. The molecule has 2 saturated heterocycles. The zero-order valence-corrected chi connectivity index (χ0v) is 34.6. The third-order valence-corrected chi connectivity index (χ3v) is 16.9. The number of halogens is 1. The van der Waals surface area contributed by atoms with Crippen molar-refractivity contribution >= 4 is 52.6 Å². The van der Waals surface area contributed by atoms with Crippen LogP contribution < -0.4 is 19.7 Å². The number of rotatable bonds is 12. The Morgan fingerprint density at radius 2 is 1.77 bits per heavy atom. The average molecular weight is 837 g/mol. The van der Waals surface area contributed by atoms with Crippen LogP contribution in [0.2, 0.25) is 18.6 Å². The monoisotopic (exact) mass is 835 g/mol. The van der Waals surface area contributed by atoms with Crippen molar-refractivity contribution in [2.75, 3.05) is 36.7 Å². The Bertz CT molecular complexity index is 2220. The fraction of sp³-hybridized carbons (Fsp3) is 0.349. The quantitative estimate of drug-likeness (QED) is 0.134. The normalized spacial score (nSPS) is 22.5. The van der Waals surface area contributed by atoms with Crippen molar-refractivity contribution < 1.29 is 28.9 Å². The molecule has 1 N–H and O–H groups in total. The standard InChI is InChI=1S/C43H46BrN5O6Si/c1-28-40(56(3,4)34-17-15-33(53-2)16-18-34)39(20-21-47-26-37(45-46-47)35(27-50)30-8-6-5-7-9-30)55-43(28)36-24-31(44)12-19-38(36)49(41(43)51)25-29-10-13-32(14-11-29)48-22-23-54-42(48)52/h5-19,24,26,28,35,39-40,50H,20-23,25,27H2,1-4H3/t28-,35?,39+,40-,43+/m0/s1. The fourth-order valence-electron chi connectivity index (χ4n) is 9.20. The van der Waals surface area contributed by atoms with Gasteiger partial charge in [0, 0.05) is 34.4 Å². The molecule has 1 aromatic heterocycles. The Hall–Kier alpha value is -4.82. The summed E-state index contributed by atoms with van der Waals surface area (Å²) in [5.41, 5.74) is 3.91. The number of aromatic nitrogens is 3. The van der Waals surface area contributed by atoms with E-state index >= 15 is 4.79 Å². The van der Waals surface area contributed by atoms with Gasteiger partial charge >= 0.3 is 6.09 Å². The van der Waals surface area contributed by atoms with Crippen LogP contribution >= 0.6 is 15.9 Å². The molecule has 1 unspecified atom stereocenters. The van der Waals surface area contributed by atoms with Gasteiger partial charge in [-0.2, -0.15) is 0 Å². The van der Waals surface area contributed by atoms with Crippen LogP contribution in [0.1, 0.15) is 41.6 Å². The van der Waals surface area contributed by atoms with Gasteiger partial charge in [0.1, 0.15) is 12.4 Å². The lowest BCUT2D eigenvalue weighted by Crippen LogP contribution is -2.51. The van der Waals surface area contributed by atoms with Gasteiger partial charge in [-0.1, -0.05) is 101 Å². The molecule has 0 radical (unpaired) electrons. The van der Waals surface area contributed by atoms with E-state index in [4.69, 9.17) is 14.2 Å². The molecule has 5 aromatic rings. The Labute approximate surface area is 336 Å². The number of amides is 2. The summed E-state index contributed by atoms with van der Waals surface area (Å²) in [5.74, 6) is 0.271. The van der Waals surface area contributed by atoms with Gasteiger partial charge in [0.15, 0.2) is 5.60 Å². The summed E-state index contributed by atoms with van der Waals surface area (Å²) >= 11 is 3.72. The van der Waals surface area contributed by atoms with E-state index in [0.717, 1.165) is 38.3 Å². The minimum absolute atomic E-state index is 0.0450. The van der Waals surface area contributed by atoms with Gasteiger partial charge in [0.05, 0.1) is 58.3 Å². The molecule has 1 spiro atoms. The predicted octanol–water partition coefficient (Wildman–Crippen LogP) is 6.98. The molecule has 11 nitrogen and oxygen atoms in total. The number of hydrogen-bond acceptors (Lipinski definition) is 8. The predicted molar refractivity (Wildman–Crippen MR) is 220 cm³/mol. The molecule has 4 heterocycles. The van der Waals surface area contributed by atoms with Crippen molar-refractivity contribution in [3.05, 3.63) is 130 Å². The summed E-state index contributed by atoms with van der Waals surface area (Å²) in [6, 6.07) is 32.0. The van der Waals surface area contributed by atoms with E-state index in [2.05, 4.69) is 64.5 Å². The average Bonchev–Trinajstić information content (AvgIpc) is 3.98. The van der Waals surface area contributed by atoms with E-state index in [0.29, 0.717) is 38.4 Å². The van der Waals surface area contributed by atoms with Gasteiger partial charge in [-0.15, -0.1) is 5.10 Å². The minimum Gasteiger partial charge on any atom is -0.497 e. The first-order valence-electron chi connectivity index (χ1n) is 19.1. The number of carbonyl (C=O) groups excluding carboxylic acids is 2. The Morgan fingerprint density at radius 3 is 2.45 bits per heavy atom. The van der Waals surface area contributed by atoms with E-state index in [1.807, 2.05) is 94.6 Å². The largest absolute Gasteiger partial charge is 0.497 e. The summed E-state index contributed by atoms with van der Waals surface area (Å²) in [7, 11) is -0.698. The van der Waals surface area contributed by atoms with Crippen LogP contribution in [-0.2, 0) is 33.0 Å². The molecular weight excluding hydrogens is 790 g/mol. The second kappa shape index (κ2) is 15.3. The summed E-state index contributed by atoms with van der Waals surface area (Å²) in [5, 5.41) is 20.5. The SMILES string of the molecule is COc1ccc([Si](C)(C)[C@@H]2[C@@H](CCn3cc(C(CO)c4ccccc4)nn3)O[C@]3(C(=O)N(Cc4ccc(N5CCOC5=O)cc4)c4ccc(Br)cc43)[C@H]2C)cc1. The third-order valence-electron chi connectivity index (χ3n) is 12.1. The molecule has 2 amide bonds. The second-order valence-electron chi connectivity index (χ2n) is 15.5. The summed E-state index contributed by atoms with van der Waals surface area (Å²) in [6.07, 6.45) is 1.89. The molecule has 8 rings (SSSR count). The van der Waals surface area contributed by atoms with Crippen LogP contribution in [0.3, 0.4) is 0 Å². The molecule has 0 bridgehead atoms. The second-order valence-corrected chi connectivity index (χ2v) is 21.1. The number of ether oxygens (including phenoxy) is 3. The molecule has 0 aliphatic carbocycles. The molecule has 3 aliphatic rings. The van der Waals surface area contributed by atoms with Crippen molar-refractivity contribution in [1.82, 2.24) is 15.0 Å². The van der Waals surface area contributed by atoms with Crippen molar-refractivity contribution in [2.45, 2.75) is 62.7 Å². The van der Waals surface area contributed by atoms with Crippen LogP contribution in [0.5, 0.6) is 5.75 Å². The van der Waals surface area contributed by atoms with E-state index in [-0.39, 0.29) is 42.1 Å². The van der Waals surface area contributed by atoms with Crippen molar-refractivity contribution in [1.29, 1.82) is 0 Å². The number of cyclic esters (lactones) is 1. The first-order valence-corrected chi connectivity index (χ1v) is 23.0. The van der Waals surface area contributed by atoms with Gasteiger partial charge < -0.3 is 24.2 Å². The first kappa shape index (κ1) is 38.1. The summed E-state index contributed by atoms with van der Waals surface area (Å²) < 4.78 is 20.7. The number of fused-ring (bicyclic) bond motifs is 2. The molecule has 290 valence electrons. The molecule has 2 fully saturated rings. The van der Waals surface area contributed by atoms with Crippen LogP contribution in [0.15, 0.2) is 108 Å². The van der Waals surface area contributed by atoms with E-state index in [9.17, 15) is 9.90 Å². The van der Waals surface area contributed by atoms with E-state index < -0.39 is 13.7 Å². The van der Waals surface area contributed by atoms with Crippen molar-refractivity contribution in [3.8, 4) is 5.75 Å². The Balaban J connectivity index is 1.13. The van der Waals surface area contributed by atoms with E-state index in [1.165, 1.54) is 5.19 Å². The van der Waals surface area contributed by atoms with Gasteiger partial charge in [0.25, 0.3) is 5.91 Å². The zero-order chi connectivity index (χ0) is 39.2. The molecule has 13 heteroatoms. The lowest BCUT2D eigenvalue weighted by atomic mass is 9.82. The smallest absolute Gasteiger partial charge is 0.414 e. The van der Waals surface area contributed by atoms with Crippen molar-refractivity contribution in [2.24, 2.45) is 5.92 Å². The number of anilines is 2.